The van der Waals surface area contributed by atoms with E-state index < -0.39 is 11.9 Å². The first-order valence-corrected chi connectivity index (χ1v) is 10.2. The molecule has 0 saturated carbocycles. The number of ether oxygens (including phenoxy) is 2. The average molecular weight is 443 g/mol. The quantitative estimate of drug-likeness (QED) is 0.610. The summed E-state index contributed by atoms with van der Waals surface area (Å²) in [5.41, 5.74) is 2.08. The zero-order valence-corrected chi connectivity index (χ0v) is 17.3. The fourth-order valence-electron chi connectivity index (χ4n) is 4.12. The van der Waals surface area contributed by atoms with Gasteiger partial charge in [-0.25, -0.2) is 4.68 Å². The van der Waals surface area contributed by atoms with E-state index in [1.807, 2.05) is 18.2 Å². The Labute approximate surface area is 182 Å². The van der Waals surface area contributed by atoms with Gasteiger partial charge in [0.25, 0.3) is 5.91 Å². The van der Waals surface area contributed by atoms with Crippen molar-refractivity contribution in [2.75, 3.05) is 25.2 Å². The van der Waals surface area contributed by atoms with Crippen LogP contribution in [0.2, 0.25) is 0 Å². The molecule has 0 atom stereocenters. The Bertz CT molecular complexity index is 1200. The number of fused-ring (bicyclic) bond motifs is 2. The number of hydrogen-bond donors (Lipinski definition) is 0. The number of carbonyl (C=O) groups is 1. The molecule has 9 heteroatoms. The molecule has 5 rings (SSSR count). The molecule has 2 aromatic carbocycles. The molecule has 32 heavy (non-hydrogen) atoms. The van der Waals surface area contributed by atoms with Gasteiger partial charge in [0, 0.05) is 42.8 Å². The van der Waals surface area contributed by atoms with Gasteiger partial charge in [0.1, 0.15) is 5.75 Å². The Hall–Kier alpha value is -3.33. The first kappa shape index (κ1) is 20.6. The van der Waals surface area contributed by atoms with Crippen molar-refractivity contribution in [1.82, 2.24) is 9.78 Å². The Balaban J connectivity index is 1.49. The van der Waals surface area contributed by atoms with Crippen LogP contribution in [0, 0.1) is 0 Å². The van der Waals surface area contributed by atoms with Crippen LogP contribution in [0.5, 0.6) is 5.75 Å². The zero-order chi connectivity index (χ0) is 22.5. The molecule has 0 saturated heterocycles. The van der Waals surface area contributed by atoms with Gasteiger partial charge in [-0.15, -0.1) is 0 Å². The van der Waals surface area contributed by atoms with E-state index in [0.29, 0.717) is 42.3 Å². The summed E-state index contributed by atoms with van der Waals surface area (Å²) in [6, 6.07) is 12.1. The molecule has 2 aliphatic heterocycles. The van der Waals surface area contributed by atoms with E-state index in [4.69, 9.17) is 9.47 Å². The number of carbonyl (C=O) groups excluding carboxylic acids is 1. The van der Waals surface area contributed by atoms with Crippen molar-refractivity contribution in [3.8, 4) is 11.4 Å². The largest absolute Gasteiger partial charge is 0.493 e. The number of rotatable bonds is 3. The number of benzene rings is 2. The van der Waals surface area contributed by atoms with Crippen molar-refractivity contribution < 1.29 is 27.4 Å². The average Bonchev–Trinajstić information content (AvgIpc) is 3.42. The van der Waals surface area contributed by atoms with Crippen LogP contribution in [0.3, 0.4) is 0 Å². The van der Waals surface area contributed by atoms with Gasteiger partial charge in [0.2, 0.25) is 0 Å². The molecule has 1 amide bonds. The van der Waals surface area contributed by atoms with Gasteiger partial charge in [-0.1, -0.05) is 12.1 Å². The summed E-state index contributed by atoms with van der Waals surface area (Å²) in [6.07, 6.45) is -3.43. The van der Waals surface area contributed by atoms with Gasteiger partial charge in [-0.05, 0) is 29.8 Å². The van der Waals surface area contributed by atoms with Gasteiger partial charge < -0.3 is 14.4 Å². The number of hydrogen-bond acceptors (Lipinski definition) is 4. The molecule has 0 unspecified atom stereocenters. The van der Waals surface area contributed by atoms with Crippen LogP contribution in [-0.4, -0.2) is 35.9 Å². The molecule has 2 aliphatic rings. The van der Waals surface area contributed by atoms with Crippen LogP contribution >= 0.6 is 0 Å². The molecule has 6 nitrogen and oxygen atoms in total. The lowest BCUT2D eigenvalue weighted by Crippen LogP contribution is -2.26. The predicted molar refractivity (Wildman–Crippen MR) is 110 cm³/mol. The van der Waals surface area contributed by atoms with E-state index in [1.165, 1.54) is 9.58 Å². The Morgan fingerprint density at radius 1 is 1.12 bits per heavy atom. The van der Waals surface area contributed by atoms with E-state index in [1.54, 1.807) is 31.3 Å². The lowest BCUT2D eigenvalue weighted by molar-refractivity contribution is -0.142. The zero-order valence-electron chi connectivity index (χ0n) is 17.3. The summed E-state index contributed by atoms with van der Waals surface area (Å²) >= 11 is 0. The third-order valence-electron chi connectivity index (χ3n) is 5.80. The second-order valence-electron chi connectivity index (χ2n) is 7.79. The summed E-state index contributed by atoms with van der Waals surface area (Å²) in [5, 5.41) is 3.85. The molecule has 3 heterocycles. The number of amides is 1. The highest BCUT2D eigenvalue weighted by atomic mass is 19.4. The Morgan fingerprint density at radius 3 is 2.78 bits per heavy atom. The summed E-state index contributed by atoms with van der Waals surface area (Å²) in [7, 11) is 1.65. The van der Waals surface area contributed by atoms with Gasteiger partial charge in [0.05, 0.1) is 31.2 Å². The second-order valence-corrected chi connectivity index (χ2v) is 7.79. The molecular formula is C23H20F3N3O3. The number of alkyl halides is 3. The highest BCUT2D eigenvalue weighted by Crippen LogP contribution is 2.36. The number of nitrogens with zero attached hydrogens (tertiary/aromatic N) is 3. The molecule has 0 radical (unpaired) electrons. The SMILES string of the molecule is CN(C(=O)c1cccc(-n2nc(C(F)(F)F)c3c2CCOC3)c1)c1ccc2c(c1)OCC2. The molecule has 0 fully saturated rings. The minimum atomic E-state index is -4.58. The van der Waals surface area contributed by atoms with E-state index >= 15 is 0 Å². The summed E-state index contributed by atoms with van der Waals surface area (Å²) in [6.45, 7) is 0.807. The minimum Gasteiger partial charge on any atom is -0.493 e. The molecule has 1 aromatic heterocycles. The molecular weight excluding hydrogens is 423 g/mol. The smallest absolute Gasteiger partial charge is 0.435 e. The molecule has 166 valence electrons. The van der Waals surface area contributed by atoms with Crippen LogP contribution < -0.4 is 9.64 Å². The second kappa shape index (κ2) is 7.67. The third-order valence-corrected chi connectivity index (χ3v) is 5.80. The van der Waals surface area contributed by atoms with Crippen molar-refractivity contribution in [1.29, 1.82) is 0 Å². The minimum absolute atomic E-state index is 0.0516. The lowest BCUT2D eigenvalue weighted by atomic mass is 10.1. The Morgan fingerprint density at radius 2 is 1.97 bits per heavy atom. The van der Waals surface area contributed by atoms with E-state index in [0.717, 1.165) is 17.7 Å². The standard InChI is InChI=1S/C23H20F3N3O3/c1-28(16-6-5-14-7-10-32-20(14)12-16)22(30)15-3-2-4-17(11-15)29-19-8-9-31-13-18(19)21(27-29)23(24,25)26/h2-6,11-12H,7-10,13H2,1H3. The number of aromatic nitrogens is 2. The van der Waals surface area contributed by atoms with Crippen molar-refractivity contribution in [3.05, 3.63) is 70.5 Å². The summed E-state index contributed by atoms with van der Waals surface area (Å²) in [4.78, 5) is 14.6. The number of halogens is 3. The normalized spacial score (nSPS) is 15.1. The van der Waals surface area contributed by atoms with Crippen LogP contribution in [0.25, 0.3) is 5.69 Å². The van der Waals surface area contributed by atoms with Crippen LogP contribution in [0.4, 0.5) is 18.9 Å². The third kappa shape index (κ3) is 3.52. The first-order chi connectivity index (χ1) is 15.3. The van der Waals surface area contributed by atoms with Crippen molar-refractivity contribution in [3.63, 3.8) is 0 Å². The fraction of sp³-hybridized carbons (Fsp3) is 0.304. The van der Waals surface area contributed by atoms with Gasteiger partial charge in [0.15, 0.2) is 5.69 Å². The number of anilines is 1. The highest BCUT2D eigenvalue weighted by molar-refractivity contribution is 6.06. The Kier molecular flexibility index (Phi) is 4.93. The van der Waals surface area contributed by atoms with E-state index in [2.05, 4.69) is 5.10 Å². The van der Waals surface area contributed by atoms with Crippen LogP contribution in [-0.2, 0) is 30.4 Å². The van der Waals surface area contributed by atoms with Crippen molar-refractivity contribution in [2.24, 2.45) is 0 Å². The predicted octanol–water partition coefficient (Wildman–Crippen LogP) is 4.18. The molecule has 3 aromatic rings. The van der Waals surface area contributed by atoms with Gasteiger partial charge in [-0.2, -0.15) is 18.3 Å². The maximum absolute atomic E-state index is 13.5. The van der Waals surface area contributed by atoms with Gasteiger partial charge >= 0.3 is 6.18 Å². The van der Waals surface area contributed by atoms with Crippen LogP contribution in [0.15, 0.2) is 42.5 Å². The van der Waals surface area contributed by atoms with Crippen molar-refractivity contribution in [2.45, 2.75) is 25.6 Å². The maximum Gasteiger partial charge on any atom is 0.435 e. The molecule has 0 bridgehead atoms. The topological polar surface area (TPSA) is 56.6 Å². The molecule has 0 spiro atoms. The summed E-state index contributed by atoms with van der Waals surface area (Å²) in [5.74, 6) is 0.478. The van der Waals surface area contributed by atoms with Gasteiger partial charge in [-0.3, -0.25) is 4.79 Å². The highest BCUT2D eigenvalue weighted by Gasteiger charge is 2.40. The molecule has 0 N–H and O–H groups in total. The summed E-state index contributed by atoms with van der Waals surface area (Å²) < 4.78 is 52.6. The molecule has 0 aliphatic carbocycles. The fourth-order valence-corrected chi connectivity index (χ4v) is 4.12. The maximum atomic E-state index is 13.5. The first-order valence-electron chi connectivity index (χ1n) is 10.2. The van der Waals surface area contributed by atoms with E-state index in [-0.39, 0.29) is 18.1 Å². The lowest BCUT2D eigenvalue weighted by Gasteiger charge is -2.19. The van der Waals surface area contributed by atoms with Crippen LogP contribution in [0.1, 0.15) is 32.9 Å². The van der Waals surface area contributed by atoms with E-state index in [9.17, 15) is 18.0 Å². The monoisotopic (exact) mass is 443 g/mol. The van der Waals surface area contributed by atoms with Crippen molar-refractivity contribution >= 4 is 11.6 Å².